The third kappa shape index (κ3) is 4.04. The first kappa shape index (κ1) is 15.7. The molecule has 0 aliphatic heterocycles. The molecule has 0 atom stereocenters. The molecule has 0 aromatic carbocycles. The van der Waals surface area contributed by atoms with Gasteiger partial charge in [0.1, 0.15) is 0 Å². The van der Waals surface area contributed by atoms with Crippen LogP contribution in [0.2, 0.25) is 0 Å². The van der Waals surface area contributed by atoms with Crippen LogP contribution in [0.5, 0.6) is 0 Å². The fourth-order valence-corrected chi connectivity index (χ4v) is 2.00. The van der Waals surface area contributed by atoms with E-state index in [4.69, 9.17) is 0 Å². The SMILES string of the molecule is CCN(CC)CCNCc1cn(C)c(=O)n(C)c1=O. The van der Waals surface area contributed by atoms with Gasteiger partial charge in [-0.3, -0.25) is 9.36 Å². The lowest BCUT2D eigenvalue weighted by atomic mass is 10.3. The quantitative estimate of drug-likeness (QED) is 0.678. The second kappa shape index (κ2) is 7.25. The molecule has 0 amide bonds. The summed E-state index contributed by atoms with van der Waals surface area (Å²) in [4.78, 5) is 25.7. The molecule has 6 nitrogen and oxygen atoms in total. The molecule has 1 aromatic heterocycles. The molecule has 0 aliphatic rings. The van der Waals surface area contributed by atoms with E-state index in [0.717, 1.165) is 30.7 Å². The first-order valence-corrected chi connectivity index (χ1v) is 6.69. The molecular formula is C13H24N4O2. The smallest absolute Gasteiger partial charge is 0.311 e. The van der Waals surface area contributed by atoms with Crippen molar-refractivity contribution in [3.8, 4) is 0 Å². The van der Waals surface area contributed by atoms with Crippen molar-refractivity contribution in [1.29, 1.82) is 0 Å². The van der Waals surface area contributed by atoms with Crippen LogP contribution in [0.4, 0.5) is 0 Å². The summed E-state index contributed by atoms with van der Waals surface area (Å²) in [6.07, 6.45) is 1.61. The topological polar surface area (TPSA) is 59.3 Å². The maximum Gasteiger partial charge on any atom is 0.330 e. The maximum absolute atomic E-state index is 11.9. The van der Waals surface area contributed by atoms with E-state index in [-0.39, 0.29) is 11.2 Å². The monoisotopic (exact) mass is 268 g/mol. The van der Waals surface area contributed by atoms with Gasteiger partial charge in [0.05, 0.1) is 0 Å². The van der Waals surface area contributed by atoms with Gasteiger partial charge in [0.2, 0.25) is 0 Å². The summed E-state index contributed by atoms with van der Waals surface area (Å²) in [6.45, 7) is 8.59. The fourth-order valence-electron chi connectivity index (χ4n) is 2.00. The summed E-state index contributed by atoms with van der Waals surface area (Å²) in [5.74, 6) is 0. The average molecular weight is 268 g/mol. The molecule has 1 heterocycles. The molecule has 1 aromatic rings. The molecule has 1 rings (SSSR count). The second-order valence-corrected chi connectivity index (χ2v) is 4.62. The van der Waals surface area contributed by atoms with Crippen LogP contribution in [0.1, 0.15) is 19.4 Å². The number of aromatic nitrogens is 2. The normalized spacial score (nSPS) is 11.2. The standard InChI is InChI=1S/C13H24N4O2/c1-5-17(6-2)8-7-14-9-11-10-15(3)13(19)16(4)12(11)18/h10,14H,5-9H2,1-4H3. The highest BCUT2D eigenvalue weighted by molar-refractivity contribution is 5.05. The zero-order valence-corrected chi connectivity index (χ0v) is 12.3. The van der Waals surface area contributed by atoms with Crippen molar-refractivity contribution in [2.24, 2.45) is 14.1 Å². The van der Waals surface area contributed by atoms with Crippen LogP contribution in [-0.2, 0) is 20.6 Å². The van der Waals surface area contributed by atoms with Crippen LogP contribution in [0.15, 0.2) is 15.8 Å². The number of hydrogen-bond donors (Lipinski definition) is 1. The van der Waals surface area contributed by atoms with Crippen molar-refractivity contribution >= 4 is 0 Å². The number of rotatable bonds is 7. The lowest BCUT2D eigenvalue weighted by molar-refractivity contribution is 0.302. The molecule has 0 radical (unpaired) electrons. The minimum absolute atomic E-state index is 0.224. The Balaban J connectivity index is 2.60. The highest BCUT2D eigenvalue weighted by Gasteiger charge is 2.06. The predicted molar refractivity (Wildman–Crippen MR) is 76.4 cm³/mol. The Labute approximate surface area is 113 Å². The zero-order valence-electron chi connectivity index (χ0n) is 12.3. The summed E-state index contributed by atoms with van der Waals surface area (Å²) < 4.78 is 2.57. The van der Waals surface area contributed by atoms with Gasteiger partial charge >= 0.3 is 5.69 Å². The molecule has 1 N–H and O–H groups in total. The molecular weight excluding hydrogens is 244 g/mol. The van der Waals surface area contributed by atoms with Gasteiger partial charge in [-0.1, -0.05) is 13.8 Å². The predicted octanol–water partition coefficient (Wildman–Crippen LogP) is -0.485. The second-order valence-electron chi connectivity index (χ2n) is 4.62. The lowest BCUT2D eigenvalue weighted by Gasteiger charge is -2.18. The summed E-state index contributed by atoms with van der Waals surface area (Å²) in [7, 11) is 3.16. The van der Waals surface area contributed by atoms with Gasteiger partial charge in [-0.05, 0) is 13.1 Å². The highest BCUT2D eigenvalue weighted by Crippen LogP contribution is 1.88. The molecule has 0 bridgehead atoms. The average Bonchev–Trinajstić information content (AvgIpc) is 2.42. The van der Waals surface area contributed by atoms with Crippen LogP contribution in [0.25, 0.3) is 0 Å². The Morgan fingerprint density at radius 2 is 1.84 bits per heavy atom. The van der Waals surface area contributed by atoms with Crippen LogP contribution in [0, 0.1) is 0 Å². The van der Waals surface area contributed by atoms with Crippen LogP contribution >= 0.6 is 0 Å². The molecule has 108 valence electrons. The van der Waals surface area contributed by atoms with Crippen molar-refractivity contribution in [1.82, 2.24) is 19.4 Å². The zero-order chi connectivity index (χ0) is 14.4. The number of aryl methyl sites for hydroxylation is 1. The Hall–Kier alpha value is -1.40. The van der Waals surface area contributed by atoms with Crippen LogP contribution in [0.3, 0.4) is 0 Å². The first-order valence-electron chi connectivity index (χ1n) is 6.69. The summed E-state index contributed by atoms with van der Waals surface area (Å²) in [5.41, 5.74) is 0.0967. The molecule has 0 aliphatic carbocycles. The summed E-state index contributed by atoms with van der Waals surface area (Å²) in [5, 5.41) is 3.25. The van der Waals surface area contributed by atoms with Gasteiger partial charge in [0, 0.05) is 45.5 Å². The van der Waals surface area contributed by atoms with Crippen molar-refractivity contribution in [3.63, 3.8) is 0 Å². The third-order valence-electron chi connectivity index (χ3n) is 3.33. The fraction of sp³-hybridized carbons (Fsp3) is 0.692. The first-order chi connectivity index (χ1) is 9.01. The molecule has 0 saturated carbocycles. The van der Waals surface area contributed by atoms with E-state index in [0.29, 0.717) is 12.1 Å². The Kier molecular flexibility index (Phi) is 5.98. The van der Waals surface area contributed by atoms with Gasteiger partial charge in [0.15, 0.2) is 0 Å². The van der Waals surface area contributed by atoms with Gasteiger partial charge < -0.3 is 14.8 Å². The number of hydrogen-bond acceptors (Lipinski definition) is 4. The van der Waals surface area contributed by atoms with E-state index < -0.39 is 0 Å². The van der Waals surface area contributed by atoms with Gasteiger partial charge in [-0.2, -0.15) is 0 Å². The summed E-state index contributed by atoms with van der Waals surface area (Å²) in [6, 6.07) is 0. The third-order valence-corrected chi connectivity index (χ3v) is 3.33. The van der Waals surface area contributed by atoms with Crippen LogP contribution in [-0.4, -0.2) is 40.2 Å². The van der Waals surface area contributed by atoms with Gasteiger partial charge in [-0.25, -0.2) is 4.79 Å². The Morgan fingerprint density at radius 3 is 2.42 bits per heavy atom. The van der Waals surface area contributed by atoms with E-state index in [1.165, 1.54) is 11.6 Å². The molecule has 0 spiro atoms. The molecule has 6 heteroatoms. The lowest BCUT2D eigenvalue weighted by Crippen LogP contribution is -2.40. The van der Waals surface area contributed by atoms with Crippen molar-refractivity contribution in [3.05, 3.63) is 32.6 Å². The van der Waals surface area contributed by atoms with E-state index in [1.807, 2.05) is 0 Å². The van der Waals surface area contributed by atoms with E-state index in [9.17, 15) is 9.59 Å². The Morgan fingerprint density at radius 1 is 1.21 bits per heavy atom. The van der Waals surface area contributed by atoms with Gasteiger partial charge in [-0.15, -0.1) is 0 Å². The largest absolute Gasteiger partial charge is 0.330 e. The minimum atomic E-state index is -0.295. The molecule has 0 unspecified atom stereocenters. The Bertz CT molecular complexity index is 514. The van der Waals surface area contributed by atoms with Gasteiger partial charge in [0.25, 0.3) is 5.56 Å². The van der Waals surface area contributed by atoms with Crippen LogP contribution < -0.4 is 16.6 Å². The number of likely N-dealkylation sites (N-methyl/N-ethyl adjacent to an activating group) is 1. The van der Waals surface area contributed by atoms with Crippen molar-refractivity contribution in [2.45, 2.75) is 20.4 Å². The minimum Gasteiger partial charge on any atom is -0.311 e. The maximum atomic E-state index is 11.9. The number of nitrogens with zero attached hydrogens (tertiary/aromatic N) is 3. The van der Waals surface area contributed by atoms with E-state index in [1.54, 1.807) is 13.2 Å². The van der Waals surface area contributed by atoms with Crippen molar-refractivity contribution in [2.75, 3.05) is 26.2 Å². The van der Waals surface area contributed by atoms with Crippen molar-refractivity contribution < 1.29 is 0 Å². The van der Waals surface area contributed by atoms with E-state index >= 15 is 0 Å². The number of nitrogens with one attached hydrogen (secondary N) is 1. The van der Waals surface area contributed by atoms with E-state index in [2.05, 4.69) is 24.1 Å². The highest BCUT2D eigenvalue weighted by atomic mass is 16.2. The molecule has 0 saturated heterocycles. The molecule has 0 fully saturated rings. The summed E-state index contributed by atoms with van der Waals surface area (Å²) >= 11 is 0. The molecule has 19 heavy (non-hydrogen) atoms.